The molecule has 2 atom stereocenters. The van der Waals surface area contributed by atoms with Gasteiger partial charge in [0.2, 0.25) is 5.95 Å². The molecule has 0 aliphatic carbocycles. The Balaban J connectivity index is 1.37. The number of aliphatic hydroxyl groups is 1. The third kappa shape index (κ3) is 3.80. The molecule has 1 unspecified atom stereocenters. The van der Waals surface area contributed by atoms with Crippen LogP contribution in [0.4, 0.5) is 5.95 Å². The molecule has 2 fully saturated rings. The van der Waals surface area contributed by atoms with Crippen LogP contribution in [-0.4, -0.2) is 63.7 Å². The number of likely N-dealkylation sites (N-methyl/N-ethyl adjacent to an activating group) is 1. The molecule has 0 bridgehead atoms. The first-order valence-corrected chi connectivity index (χ1v) is 11.1. The molecule has 4 heterocycles. The Hall–Kier alpha value is -2.88. The minimum atomic E-state index is -1.47. The van der Waals surface area contributed by atoms with Crippen molar-refractivity contribution >= 4 is 23.2 Å². The maximum atomic E-state index is 12.4. The van der Waals surface area contributed by atoms with Crippen molar-refractivity contribution in [3.8, 4) is 22.0 Å². The number of carbonyl (C=O) groups excluding carboxylic acids is 1. The summed E-state index contributed by atoms with van der Waals surface area (Å²) in [6.07, 6.45) is 3.38. The lowest BCUT2D eigenvalue weighted by atomic mass is 9.91. The van der Waals surface area contributed by atoms with E-state index in [-0.39, 0.29) is 12.0 Å². The maximum Gasteiger partial charge on any atom is 0.258 e. The molecule has 160 valence electrons. The SMILES string of the molecule is CN1CC[C@@](O)(c2cccc(-c3nc(-c4ccnc(NCC5CCO5)n4)cs3)c2)C1=O. The van der Waals surface area contributed by atoms with Crippen molar-refractivity contribution in [3.05, 3.63) is 47.5 Å². The zero-order chi connectivity index (χ0) is 21.4. The average Bonchev–Trinajstić information content (AvgIpc) is 3.35. The summed E-state index contributed by atoms with van der Waals surface area (Å²) in [6.45, 7) is 2.05. The number of carbonyl (C=O) groups is 1. The van der Waals surface area contributed by atoms with Crippen molar-refractivity contribution in [1.29, 1.82) is 0 Å². The van der Waals surface area contributed by atoms with Crippen LogP contribution in [0.1, 0.15) is 18.4 Å². The highest BCUT2D eigenvalue weighted by Crippen LogP contribution is 2.36. The summed E-state index contributed by atoms with van der Waals surface area (Å²) in [5.41, 5.74) is 1.48. The van der Waals surface area contributed by atoms with Crippen LogP contribution in [0.25, 0.3) is 22.0 Å². The van der Waals surface area contributed by atoms with Crippen molar-refractivity contribution in [2.45, 2.75) is 24.5 Å². The van der Waals surface area contributed by atoms with Crippen LogP contribution in [0, 0.1) is 0 Å². The Labute approximate surface area is 183 Å². The second-order valence-corrected chi connectivity index (χ2v) is 8.74. The monoisotopic (exact) mass is 437 g/mol. The number of aromatic nitrogens is 3. The summed E-state index contributed by atoms with van der Waals surface area (Å²) in [7, 11) is 1.71. The number of anilines is 1. The molecule has 0 saturated carbocycles. The third-order valence-corrected chi connectivity index (χ3v) is 6.69. The van der Waals surface area contributed by atoms with Gasteiger partial charge in [0.15, 0.2) is 5.60 Å². The van der Waals surface area contributed by atoms with E-state index in [1.807, 2.05) is 29.6 Å². The molecule has 2 aliphatic heterocycles. The van der Waals surface area contributed by atoms with E-state index in [9.17, 15) is 9.90 Å². The second-order valence-electron chi connectivity index (χ2n) is 7.88. The van der Waals surface area contributed by atoms with Gasteiger partial charge in [-0.3, -0.25) is 4.79 Å². The summed E-state index contributed by atoms with van der Waals surface area (Å²) >= 11 is 1.50. The fourth-order valence-corrected chi connectivity index (χ4v) is 4.60. The number of rotatable bonds is 6. The van der Waals surface area contributed by atoms with Gasteiger partial charge in [-0.1, -0.05) is 18.2 Å². The normalized spacial score (nSPS) is 23.1. The van der Waals surface area contributed by atoms with Gasteiger partial charge in [-0.05, 0) is 24.1 Å². The minimum Gasteiger partial charge on any atom is -0.376 e. The molecule has 0 radical (unpaired) electrons. The van der Waals surface area contributed by atoms with Crippen LogP contribution in [0.15, 0.2) is 41.9 Å². The van der Waals surface area contributed by atoms with E-state index >= 15 is 0 Å². The second kappa shape index (κ2) is 7.99. The molecule has 0 spiro atoms. The molecule has 31 heavy (non-hydrogen) atoms. The summed E-state index contributed by atoms with van der Waals surface area (Å²) in [5, 5.41) is 16.9. The van der Waals surface area contributed by atoms with E-state index in [2.05, 4.69) is 15.3 Å². The number of benzene rings is 1. The van der Waals surface area contributed by atoms with Gasteiger partial charge in [-0.15, -0.1) is 11.3 Å². The van der Waals surface area contributed by atoms with E-state index < -0.39 is 5.60 Å². The number of hydrogen-bond donors (Lipinski definition) is 2. The number of hydrogen-bond acceptors (Lipinski definition) is 8. The fourth-order valence-electron chi connectivity index (χ4n) is 3.79. The van der Waals surface area contributed by atoms with Gasteiger partial charge >= 0.3 is 0 Å². The smallest absolute Gasteiger partial charge is 0.258 e. The van der Waals surface area contributed by atoms with E-state index in [0.29, 0.717) is 31.0 Å². The Kier molecular flexibility index (Phi) is 5.17. The van der Waals surface area contributed by atoms with E-state index in [0.717, 1.165) is 35.0 Å². The molecule has 2 saturated heterocycles. The molecule has 9 heteroatoms. The van der Waals surface area contributed by atoms with Gasteiger partial charge in [0.25, 0.3) is 5.91 Å². The van der Waals surface area contributed by atoms with Crippen molar-refractivity contribution in [1.82, 2.24) is 19.9 Å². The summed E-state index contributed by atoms with van der Waals surface area (Å²) in [5.74, 6) is 0.286. The lowest BCUT2D eigenvalue weighted by molar-refractivity contribution is -0.143. The van der Waals surface area contributed by atoms with Crippen LogP contribution in [-0.2, 0) is 15.1 Å². The van der Waals surface area contributed by atoms with Crippen molar-refractivity contribution in [2.75, 3.05) is 32.1 Å². The molecule has 1 aromatic carbocycles. The molecule has 3 aromatic rings. The van der Waals surface area contributed by atoms with Crippen LogP contribution < -0.4 is 5.32 Å². The summed E-state index contributed by atoms with van der Waals surface area (Å²) < 4.78 is 5.42. The average molecular weight is 438 g/mol. The molecular formula is C22H23N5O3S. The molecule has 1 amide bonds. The van der Waals surface area contributed by atoms with Crippen molar-refractivity contribution in [2.24, 2.45) is 0 Å². The number of nitrogens with zero attached hydrogens (tertiary/aromatic N) is 4. The lowest BCUT2D eigenvalue weighted by Crippen LogP contribution is -2.36. The van der Waals surface area contributed by atoms with Crippen molar-refractivity contribution in [3.63, 3.8) is 0 Å². The first-order valence-electron chi connectivity index (χ1n) is 10.3. The Morgan fingerprint density at radius 2 is 2.19 bits per heavy atom. The predicted molar refractivity (Wildman–Crippen MR) is 118 cm³/mol. The zero-order valence-corrected chi connectivity index (χ0v) is 17.9. The number of likely N-dealkylation sites (tertiary alicyclic amines) is 1. The van der Waals surface area contributed by atoms with E-state index in [1.165, 1.54) is 11.3 Å². The van der Waals surface area contributed by atoms with Gasteiger partial charge in [-0.2, -0.15) is 0 Å². The summed E-state index contributed by atoms with van der Waals surface area (Å²) in [4.78, 5) is 27.6. The van der Waals surface area contributed by atoms with Crippen molar-refractivity contribution < 1.29 is 14.6 Å². The third-order valence-electron chi connectivity index (χ3n) is 5.80. The van der Waals surface area contributed by atoms with Gasteiger partial charge in [0.1, 0.15) is 10.7 Å². The first-order chi connectivity index (χ1) is 15.0. The Bertz CT molecular complexity index is 1120. The number of ether oxygens (including phenoxy) is 1. The lowest BCUT2D eigenvalue weighted by Gasteiger charge is -2.26. The Morgan fingerprint density at radius 3 is 2.94 bits per heavy atom. The molecule has 2 N–H and O–H groups in total. The number of nitrogens with one attached hydrogen (secondary N) is 1. The number of amides is 1. The molecule has 2 aliphatic rings. The van der Waals surface area contributed by atoms with Gasteiger partial charge in [0, 0.05) is 50.3 Å². The molecular weight excluding hydrogens is 414 g/mol. The molecule has 5 rings (SSSR count). The summed E-state index contributed by atoms with van der Waals surface area (Å²) in [6, 6.07) is 9.26. The highest BCUT2D eigenvalue weighted by Gasteiger charge is 2.45. The predicted octanol–water partition coefficient (Wildman–Crippen LogP) is 2.52. The van der Waals surface area contributed by atoms with Gasteiger partial charge < -0.3 is 20.1 Å². The van der Waals surface area contributed by atoms with Crippen LogP contribution in [0.3, 0.4) is 0 Å². The minimum absolute atomic E-state index is 0.228. The molecule has 8 nitrogen and oxygen atoms in total. The van der Waals surface area contributed by atoms with Crippen LogP contribution in [0.5, 0.6) is 0 Å². The topological polar surface area (TPSA) is 100 Å². The van der Waals surface area contributed by atoms with E-state index in [4.69, 9.17) is 9.72 Å². The fraction of sp³-hybridized carbons (Fsp3) is 0.364. The quantitative estimate of drug-likeness (QED) is 0.611. The Morgan fingerprint density at radius 1 is 1.32 bits per heavy atom. The highest BCUT2D eigenvalue weighted by atomic mass is 32.1. The molecule has 2 aromatic heterocycles. The standard InChI is InChI=1S/C22H23N5O3S/c1-27-9-7-22(29,20(27)28)15-4-2-3-14(11-15)19-25-18(13-31-19)17-5-8-23-21(26-17)24-12-16-6-10-30-16/h2-5,8,11,13,16,29H,6-7,9-10,12H2,1H3,(H,23,24,26)/t16?,22-/m1/s1. The first kappa shape index (κ1) is 20.0. The van der Waals surface area contributed by atoms with Gasteiger partial charge in [0.05, 0.1) is 11.8 Å². The number of thiazole rings is 1. The maximum absolute atomic E-state index is 12.4. The van der Waals surface area contributed by atoms with Gasteiger partial charge in [-0.25, -0.2) is 15.0 Å². The largest absolute Gasteiger partial charge is 0.376 e. The van der Waals surface area contributed by atoms with Crippen LogP contribution >= 0.6 is 11.3 Å². The van der Waals surface area contributed by atoms with E-state index in [1.54, 1.807) is 24.2 Å². The zero-order valence-electron chi connectivity index (χ0n) is 17.1. The van der Waals surface area contributed by atoms with Crippen LogP contribution in [0.2, 0.25) is 0 Å². The highest BCUT2D eigenvalue weighted by molar-refractivity contribution is 7.13.